The summed E-state index contributed by atoms with van der Waals surface area (Å²) in [6.07, 6.45) is 30.7. The molecule has 198 valence electrons. The Morgan fingerprint density at radius 2 is 1.35 bits per heavy atom. The van der Waals surface area contributed by atoms with Gasteiger partial charge in [-0.05, 0) is 26.2 Å². The number of carbonyl (C=O) groups excluding carboxylic acids is 1. The van der Waals surface area contributed by atoms with Gasteiger partial charge in [0.25, 0.3) is 0 Å². The maximum atomic E-state index is 11.6. The molecule has 0 aromatic heterocycles. The smallest absolute Gasteiger partial charge is 0.221 e. The normalized spacial score (nSPS) is 20.5. The van der Waals surface area contributed by atoms with Gasteiger partial charge in [0.15, 0.2) is 12.3 Å². The summed E-state index contributed by atoms with van der Waals surface area (Å²) in [6, 6.07) is 0. The molecule has 1 heterocycles. The van der Waals surface area contributed by atoms with E-state index in [1.807, 2.05) is 6.08 Å². The Bertz CT molecular complexity index is 547. The average molecular weight is 477 g/mol. The van der Waals surface area contributed by atoms with Crippen LogP contribution in [0.1, 0.15) is 143 Å². The molecule has 1 amide bonds. The number of amides is 1. The zero-order valence-electron chi connectivity index (χ0n) is 23.2. The second-order valence-corrected chi connectivity index (χ2v) is 10.7. The van der Waals surface area contributed by atoms with E-state index in [0.717, 1.165) is 24.0 Å². The SMILES string of the molecule is C=CCCCCCCCCCCCCCCCCCCCC1N=CC[N+]1(CC)C(C)NC(C)=O. The van der Waals surface area contributed by atoms with Gasteiger partial charge in [-0.3, -0.25) is 9.28 Å². The predicted octanol–water partition coefficient (Wildman–Crippen LogP) is 8.31. The second-order valence-electron chi connectivity index (χ2n) is 10.7. The number of hydrogen-bond acceptors (Lipinski definition) is 2. The summed E-state index contributed by atoms with van der Waals surface area (Å²) in [6.45, 7) is 11.7. The summed E-state index contributed by atoms with van der Waals surface area (Å²) in [4.78, 5) is 16.4. The van der Waals surface area contributed by atoms with Crippen molar-refractivity contribution in [2.45, 2.75) is 155 Å². The Morgan fingerprint density at radius 1 is 0.912 bits per heavy atom. The third-order valence-corrected chi connectivity index (χ3v) is 7.94. The molecule has 4 heteroatoms. The summed E-state index contributed by atoms with van der Waals surface area (Å²) in [5.74, 6) is 0.0603. The summed E-state index contributed by atoms with van der Waals surface area (Å²) in [5, 5.41) is 3.12. The fourth-order valence-corrected chi connectivity index (χ4v) is 5.63. The van der Waals surface area contributed by atoms with Crippen molar-refractivity contribution in [3.8, 4) is 0 Å². The molecule has 1 N–H and O–H groups in total. The lowest BCUT2D eigenvalue weighted by molar-refractivity contribution is -0.959. The van der Waals surface area contributed by atoms with Crippen molar-refractivity contribution in [3.63, 3.8) is 0 Å². The van der Waals surface area contributed by atoms with Gasteiger partial charge in [0, 0.05) is 20.3 Å². The summed E-state index contributed by atoms with van der Waals surface area (Å²) in [7, 11) is 0. The summed E-state index contributed by atoms with van der Waals surface area (Å²) in [5.41, 5.74) is 0. The molecule has 0 aliphatic carbocycles. The molecule has 0 spiro atoms. The van der Waals surface area contributed by atoms with Crippen LogP contribution in [0.4, 0.5) is 0 Å². The molecule has 0 fully saturated rings. The highest BCUT2D eigenvalue weighted by Gasteiger charge is 2.42. The van der Waals surface area contributed by atoms with E-state index in [9.17, 15) is 4.79 Å². The Balaban J connectivity index is 1.92. The van der Waals surface area contributed by atoms with E-state index >= 15 is 0 Å². The lowest BCUT2D eigenvalue weighted by Crippen LogP contribution is -2.63. The van der Waals surface area contributed by atoms with Gasteiger partial charge >= 0.3 is 0 Å². The summed E-state index contributed by atoms with van der Waals surface area (Å²) >= 11 is 0. The average Bonchev–Trinajstić information content (AvgIpc) is 3.24. The molecule has 4 nitrogen and oxygen atoms in total. The van der Waals surface area contributed by atoms with E-state index < -0.39 is 0 Å². The van der Waals surface area contributed by atoms with Gasteiger partial charge < -0.3 is 5.32 Å². The lowest BCUT2D eigenvalue weighted by atomic mass is 10.0. The topological polar surface area (TPSA) is 41.5 Å². The van der Waals surface area contributed by atoms with Crippen molar-refractivity contribution in [1.82, 2.24) is 5.32 Å². The van der Waals surface area contributed by atoms with Crippen LogP contribution in [0.2, 0.25) is 0 Å². The molecule has 1 rings (SSSR count). The van der Waals surface area contributed by atoms with Crippen molar-refractivity contribution >= 4 is 12.1 Å². The fourth-order valence-electron chi connectivity index (χ4n) is 5.63. The summed E-state index contributed by atoms with van der Waals surface area (Å²) < 4.78 is 0.885. The zero-order valence-corrected chi connectivity index (χ0v) is 23.2. The van der Waals surface area contributed by atoms with Crippen molar-refractivity contribution in [2.75, 3.05) is 13.1 Å². The van der Waals surface area contributed by atoms with Crippen LogP contribution in [0.3, 0.4) is 0 Å². The van der Waals surface area contributed by atoms with Gasteiger partial charge in [0.2, 0.25) is 5.91 Å². The van der Waals surface area contributed by atoms with Crippen LogP contribution in [0.15, 0.2) is 17.6 Å². The molecule has 0 saturated carbocycles. The Labute approximate surface area is 212 Å². The monoisotopic (exact) mass is 476 g/mol. The number of nitrogens with one attached hydrogen (secondary N) is 1. The number of unbranched alkanes of at least 4 members (excludes halogenated alkanes) is 17. The fraction of sp³-hybridized carbons (Fsp3) is 0.867. The first-order valence-electron chi connectivity index (χ1n) is 14.8. The van der Waals surface area contributed by atoms with Crippen molar-refractivity contribution < 1.29 is 9.28 Å². The number of carbonyl (C=O) groups is 1. The van der Waals surface area contributed by atoms with Crippen molar-refractivity contribution in [2.24, 2.45) is 4.99 Å². The van der Waals surface area contributed by atoms with Crippen LogP contribution < -0.4 is 5.32 Å². The standard InChI is InChI=1S/C30H57N3O/c1-5-7-8-9-10-11-12-13-14-15-16-17-18-19-20-21-22-23-24-25-30-31-26-27-33(30,6-2)28(3)32-29(4)34/h5,26,28,30H,1,6-25,27H2,2-4H3/p+1. The first-order valence-corrected chi connectivity index (χ1v) is 14.8. The minimum atomic E-state index is 0.0603. The Kier molecular flexibility index (Phi) is 18.2. The maximum absolute atomic E-state index is 11.6. The first kappa shape index (κ1) is 30.9. The third kappa shape index (κ3) is 13.1. The lowest BCUT2D eigenvalue weighted by Gasteiger charge is -2.42. The molecular formula is C30H58N3O+. The quantitative estimate of drug-likeness (QED) is 0.0899. The maximum Gasteiger partial charge on any atom is 0.221 e. The number of allylic oxidation sites excluding steroid dienone is 1. The van der Waals surface area contributed by atoms with Crippen molar-refractivity contribution in [1.29, 1.82) is 0 Å². The van der Waals surface area contributed by atoms with E-state index in [2.05, 4.69) is 32.0 Å². The number of aliphatic imine (C=N–C) groups is 1. The molecular weight excluding hydrogens is 418 g/mol. The van der Waals surface area contributed by atoms with E-state index in [1.165, 1.54) is 116 Å². The molecule has 0 aromatic carbocycles. The number of rotatable bonds is 23. The largest absolute Gasteiger partial charge is 0.307 e. The Hall–Kier alpha value is -1.16. The van der Waals surface area contributed by atoms with Crippen LogP contribution in [0.25, 0.3) is 0 Å². The van der Waals surface area contributed by atoms with Gasteiger partial charge in [-0.2, -0.15) is 0 Å². The Morgan fingerprint density at radius 3 is 1.76 bits per heavy atom. The molecule has 3 atom stereocenters. The highest BCUT2D eigenvalue weighted by molar-refractivity contribution is 5.73. The van der Waals surface area contributed by atoms with Crippen molar-refractivity contribution in [3.05, 3.63) is 12.7 Å². The first-order chi connectivity index (χ1) is 16.6. The van der Waals surface area contributed by atoms with E-state index in [1.54, 1.807) is 6.92 Å². The number of nitrogens with zero attached hydrogens (tertiary/aromatic N) is 2. The van der Waals surface area contributed by atoms with Crippen LogP contribution in [-0.4, -0.2) is 42.0 Å². The van der Waals surface area contributed by atoms with Gasteiger partial charge in [-0.25, -0.2) is 4.99 Å². The molecule has 0 saturated heterocycles. The van der Waals surface area contributed by atoms with Crippen LogP contribution in [-0.2, 0) is 4.79 Å². The highest BCUT2D eigenvalue weighted by Crippen LogP contribution is 2.27. The van der Waals surface area contributed by atoms with Gasteiger partial charge in [-0.1, -0.05) is 102 Å². The number of quaternary nitrogens is 1. The second kappa shape index (κ2) is 20.1. The molecule has 0 radical (unpaired) electrons. The minimum absolute atomic E-state index is 0.0603. The third-order valence-electron chi connectivity index (χ3n) is 7.94. The molecule has 34 heavy (non-hydrogen) atoms. The zero-order chi connectivity index (χ0) is 24.9. The van der Waals surface area contributed by atoms with E-state index in [-0.39, 0.29) is 12.1 Å². The predicted molar refractivity (Wildman–Crippen MR) is 149 cm³/mol. The van der Waals surface area contributed by atoms with Crippen LogP contribution in [0, 0.1) is 0 Å². The van der Waals surface area contributed by atoms with E-state index in [4.69, 9.17) is 4.99 Å². The molecule has 1 aliphatic rings. The molecule has 0 bridgehead atoms. The minimum Gasteiger partial charge on any atom is -0.307 e. The highest BCUT2D eigenvalue weighted by atomic mass is 16.1. The molecule has 1 aliphatic heterocycles. The molecule has 0 aromatic rings. The van der Waals surface area contributed by atoms with Gasteiger partial charge in [0.1, 0.15) is 6.54 Å². The van der Waals surface area contributed by atoms with Crippen LogP contribution in [0.5, 0.6) is 0 Å². The number of hydrogen-bond donors (Lipinski definition) is 1. The van der Waals surface area contributed by atoms with Gasteiger partial charge in [-0.15, -0.1) is 6.58 Å². The van der Waals surface area contributed by atoms with Gasteiger partial charge in [0.05, 0.1) is 12.8 Å². The van der Waals surface area contributed by atoms with Crippen LogP contribution >= 0.6 is 0 Å². The molecule has 3 unspecified atom stereocenters. The van der Waals surface area contributed by atoms with E-state index in [0.29, 0.717) is 6.17 Å².